The van der Waals surface area contributed by atoms with Crippen LogP contribution in [0.2, 0.25) is 0 Å². The van der Waals surface area contributed by atoms with Gasteiger partial charge in [0.1, 0.15) is 10.7 Å². The van der Waals surface area contributed by atoms with Crippen molar-refractivity contribution in [2.24, 2.45) is 0 Å². The van der Waals surface area contributed by atoms with Crippen molar-refractivity contribution in [1.82, 2.24) is 20.2 Å². The zero-order valence-electron chi connectivity index (χ0n) is 11.8. The third-order valence-electron chi connectivity index (χ3n) is 3.01. The van der Waals surface area contributed by atoms with Crippen LogP contribution in [0, 0.1) is 6.92 Å². The second-order valence-electron chi connectivity index (χ2n) is 4.46. The van der Waals surface area contributed by atoms with Crippen LogP contribution in [0.5, 0.6) is 0 Å². The molecule has 2 heterocycles. The average molecular weight is 291 g/mol. The maximum absolute atomic E-state index is 12.0. The van der Waals surface area contributed by atoms with E-state index in [-0.39, 0.29) is 11.6 Å². The molecule has 20 heavy (non-hydrogen) atoms. The molecule has 0 radical (unpaired) electrons. The van der Waals surface area contributed by atoms with E-state index in [0.29, 0.717) is 11.0 Å². The molecule has 1 amide bonds. The predicted octanol–water partition coefficient (Wildman–Crippen LogP) is 2.79. The molecule has 2 aromatic rings. The highest BCUT2D eigenvalue weighted by Crippen LogP contribution is 2.28. The molecule has 0 aromatic carbocycles. The average Bonchev–Trinajstić information content (AvgIpc) is 2.89. The van der Waals surface area contributed by atoms with Crippen molar-refractivity contribution in [2.45, 2.75) is 39.5 Å². The molecule has 0 saturated carbocycles. The number of carbonyl (C=O) groups excluding carboxylic acids is 1. The Bertz CT molecular complexity index is 577. The number of hydrogen-bond acceptors (Lipinski definition) is 6. The molecule has 0 unspecified atom stereocenters. The number of nitrogens with one attached hydrogen (secondary N) is 1. The van der Waals surface area contributed by atoms with Crippen molar-refractivity contribution in [3.05, 3.63) is 28.8 Å². The lowest BCUT2D eigenvalue weighted by Crippen LogP contribution is -2.13. The van der Waals surface area contributed by atoms with Crippen LogP contribution in [-0.2, 0) is 0 Å². The molecular formula is C13H17N5OS. The Morgan fingerprint density at radius 3 is 2.60 bits per heavy atom. The fourth-order valence-electron chi connectivity index (χ4n) is 1.76. The Morgan fingerprint density at radius 1 is 1.25 bits per heavy atom. The third kappa shape index (κ3) is 3.36. The summed E-state index contributed by atoms with van der Waals surface area (Å²) >= 11 is 1.41. The molecule has 0 spiro atoms. The summed E-state index contributed by atoms with van der Waals surface area (Å²) in [5.74, 6) is 0.0852. The zero-order chi connectivity index (χ0) is 14.5. The fourth-order valence-corrected chi connectivity index (χ4v) is 2.76. The van der Waals surface area contributed by atoms with Gasteiger partial charge < -0.3 is 0 Å². The Labute approximate surface area is 121 Å². The van der Waals surface area contributed by atoms with Gasteiger partial charge in [-0.1, -0.05) is 25.2 Å². The molecule has 0 saturated heterocycles. The van der Waals surface area contributed by atoms with Crippen LogP contribution in [0.3, 0.4) is 0 Å². The number of anilines is 1. The monoisotopic (exact) mass is 291 g/mol. The molecule has 0 bridgehead atoms. The molecular weight excluding hydrogens is 274 g/mol. The van der Waals surface area contributed by atoms with E-state index in [1.807, 2.05) is 6.92 Å². The first-order valence-corrected chi connectivity index (χ1v) is 7.39. The molecule has 6 nitrogen and oxygen atoms in total. The van der Waals surface area contributed by atoms with Crippen LogP contribution in [-0.4, -0.2) is 26.1 Å². The van der Waals surface area contributed by atoms with Gasteiger partial charge in [-0.3, -0.25) is 15.1 Å². The molecule has 0 fully saturated rings. The van der Waals surface area contributed by atoms with Gasteiger partial charge in [-0.2, -0.15) is 0 Å². The molecule has 7 heteroatoms. The minimum Gasteiger partial charge on any atom is -0.295 e. The van der Waals surface area contributed by atoms with Gasteiger partial charge in [0.2, 0.25) is 5.13 Å². The highest BCUT2D eigenvalue weighted by molar-refractivity contribution is 7.15. The van der Waals surface area contributed by atoms with Gasteiger partial charge >= 0.3 is 0 Å². The SMILES string of the molecule is CCC(CC)c1nnc(NC(=O)c2cnc(C)cn2)s1. The highest BCUT2D eigenvalue weighted by atomic mass is 32.1. The minimum absolute atomic E-state index is 0.273. The number of hydrogen-bond donors (Lipinski definition) is 1. The van der Waals surface area contributed by atoms with Crippen molar-refractivity contribution in [2.75, 3.05) is 5.32 Å². The van der Waals surface area contributed by atoms with E-state index in [9.17, 15) is 4.79 Å². The Kier molecular flexibility index (Phi) is 4.73. The lowest BCUT2D eigenvalue weighted by atomic mass is 10.1. The lowest BCUT2D eigenvalue weighted by molar-refractivity contribution is 0.102. The van der Waals surface area contributed by atoms with Gasteiger partial charge in [0.05, 0.1) is 11.9 Å². The Balaban J connectivity index is 2.06. The van der Waals surface area contributed by atoms with Crippen LogP contribution >= 0.6 is 11.3 Å². The normalized spacial score (nSPS) is 10.8. The van der Waals surface area contributed by atoms with E-state index >= 15 is 0 Å². The number of aromatic nitrogens is 4. The van der Waals surface area contributed by atoms with E-state index in [0.717, 1.165) is 23.5 Å². The van der Waals surface area contributed by atoms with E-state index in [4.69, 9.17) is 0 Å². The smallest absolute Gasteiger partial charge is 0.277 e. The fraction of sp³-hybridized carbons (Fsp3) is 0.462. The minimum atomic E-state index is -0.315. The summed E-state index contributed by atoms with van der Waals surface area (Å²) < 4.78 is 0. The van der Waals surface area contributed by atoms with Gasteiger partial charge in [0, 0.05) is 12.1 Å². The van der Waals surface area contributed by atoms with Gasteiger partial charge in [-0.05, 0) is 19.8 Å². The standard InChI is InChI=1S/C13H17N5OS/c1-4-9(5-2)12-17-18-13(20-12)16-11(19)10-7-14-8(3)6-15-10/h6-7,9H,4-5H2,1-3H3,(H,16,18,19). The summed E-state index contributed by atoms with van der Waals surface area (Å²) in [6, 6.07) is 0. The number of carbonyl (C=O) groups is 1. The topological polar surface area (TPSA) is 80.7 Å². The number of rotatable bonds is 5. The molecule has 0 aliphatic carbocycles. The van der Waals surface area contributed by atoms with Crippen molar-refractivity contribution in [1.29, 1.82) is 0 Å². The summed E-state index contributed by atoms with van der Waals surface area (Å²) in [5, 5.41) is 12.3. The second kappa shape index (κ2) is 6.51. The molecule has 106 valence electrons. The molecule has 0 aliphatic rings. The van der Waals surface area contributed by atoms with Crippen molar-refractivity contribution in [3.8, 4) is 0 Å². The summed E-state index contributed by atoms with van der Waals surface area (Å²) in [6.45, 7) is 6.06. The lowest BCUT2D eigenvalue weighted by Gasteiger charge is -2.05. The number of nitrogens with zero attached hydrogens (tertiary/aromatic N) is 4. The second-order valence-corrected chi connectivity index (χ2v) is 5.47. The quantitative estimate of drug-likeness (QED) is 0.916. The molecule has 0 atom stereocenters. The highest BCUT2D eigenvalue weighted by Gasteiger charge is 2.15. The van der Waals surface area contributed by atoms with Crippen molar-refractivity contribution < 1.29 is 4.79 Å². The Hall–Kier alpha value is -1.89. The van der Waals surface area contributed by atoms with Crippen LogP contribution in [0.25, 0.3) is 0 Å². The van der Waals surface area contributed by atoms with Gasteiger partial charge in [-0.15, -0.1) is 10.2 Å². The van der Waals surface area contributed by atoms with E-state index in [1.165, 1.54) is 17.5 Å². The van der Waals surface area contributed by atoms with Crippen LogP contribution < -0.4 is 5.32 Å². The Morgan fingerprint density at radius 2 is 2.00 bits per heavy atom. The first-order chi connectivity index (χ1) is 9.63. The summed E-state index contributed by atoms with van der Waals surface area (Å²) in [6.07, 6.45) is 5.04. The van der Waals surface area contributed by atoms with Crippen LogP contribution in [0.15, 0.2) is 12.4 Å². The van der Waals surface area contributed by atoms with Gasteiger partial charge in [0.15, 0.2) is 0 Å². The summed E-state index contributed by atoms with van der Waals surface area (Å²) in [4.78, 5) is 20.0. The van der Waals surface area contributed by atoms with Gasteiger partial charge in [0.25, 0.3) is 5.91 Å². The summed E-state index contributed by atoms with van der Waals surface area (Å²) in [7, 11) is 0. The van der Waals surface area contributed by atoms with Crippen LogP contribution in [0.4, 0.5) is 5.13 Å². The zero-order valence-corrected chi connectivity index (χ0v) is 12.6. The van der Waals surface area contributed by atoms with Crippen molar-refractivity contribution in [3.63, 3.8) is 0 Å². The van der Waals surface area contributed by atoms with E-state index < -0.39 is 0 Å². The van der Waals surface area contributed by atoms with Crippen LogP contribution in [0.1, 0.15) is 53.8 Å². The maximum atomic E-state index is 12.0. The predicted molar refractivity (Wildman–Crippen MR) is 78.0 cm³/mol. The molecule has 1 N–H and O–H groups in total. The van der Waals surface area contributed by atoms with E-state index in [2.05, 4.69) is 39.3 Å². The number of amides is 1. The maximum Gasteiger partial charge on any atom is 0.277 e. The molecule has 2 rings (SSSR count). The van der Waals surface area contributed by atoms with Crippen molar-refractivity contribution >= 4 is 22.4 Å². The molecule has 0 aliphatic heterocycles. The largest absolute Gasteiger partial charge is 0.295 e. The summed E-state index contributed by atoms with van der Waals surface area (Å²) in [5.41, 5.74) is 1.04. The van der Waals surface area contributed by atoms with Gasteiger partial charge in [-0.25, -0.2) is 4.98 Å². The third-order valence-corrected chi connectivity index (χ3v) is 4.01. The molecule has 2 aromatic heterocycles. The first-order valence-electron chi connectivity index (χ1n) is 6.57. The first kappa shape index (κ1) is 14.5. The number of aryl methyl sites for hydroxylation is 1. The van der Waals surface area contributed by atoms with E-state index in [1.54, 1.807) is 6.20 Å².